The van der Waals surface area contributed by atoms with E-state index in [1.165, 1.54) is 11.1 Å². The van der Waals surface area contributed by atoms with E-state index in [1.54, 1.807) is 0 Å². The van der Waals surface area contributed by atoms with Gasteiger partial charge in [-0.3, -0.25) is 0 Å². The van der Waals surface area contributed by atoms with Gasteiger partial charge in [-0.05, 0) is 45.0 Å². The van der Waals surface area contributed by atoms with Crippen molar-refractivity contribution in [2.24, 2.45) is 0 Å². The maximum Gasteiger partial charge on any atom is 0.0675 e. The average molecular weight is 311 g/mol. The molecule has 0 amide bonds. The van der Waals surface area contributed by atoms with Crippen molar-refractivity contribution < 1.29 is 5.11 Å². The zero-order valence-electron chi connectivity index (χ0n) is 14.7. The lowest BCUT2D eigenvalue weighted by Gasteiger charge is -2.42. The molecule has 0 radical (unpaired) electrons. The van der Waals surface area contributed by atoms with Crippen LogP contribution in [-0.4, -0.2) is 36.2 Å². The van der Waals surface area contributed by atoms with Crippen molar-refractivity contribution in [1.82, 2.24) is 4.90 Å². The molecule has 2 nitrogen and oxygen atoms in total. The maximum absolute atomic E-state index is 11.1. The standard InChI is InChI=1S/C21H29NO/c1-5-20(23)21(16-17(2)22(3)4,18-12-8-6-9-13-18)19-14-10-7-11-15-19/h6-15,17,20,23H,5,16H2,1-4H3/t17-,20+/m0/s1. The van der Waals surface area contributed by atoms with E-state index in [2.05, 4.69) is 81.4 Å². The summed E-state index contributed by atoms with van der Waals surface area (Å²) < 4.78 is 0. The van der Waals surface area contributed by atoms with Crippen molar-refractivity contribution in [3.05, 3.63) is 71.8 Å². The number of aliphatic hydroxyl groups excluding tert-OH is 1. The number of nitrogens with zero attached hydrogens (tertiary/aromatic N) is 1. The molecule has 0 spiro atoms. The van der Waals surface area contributed by atoms with Crippen molar-refractivity contribution >= 4 is 0 Å². The number of benzene rings is 2. The summed E-state index contributed by atoms with van der Waals surface area (Å²) in [5.41, 5.74) is 1.99. The summed E-state index contributed by atoms with van der Waals surface area (Å²) in [7, 11) is 4.20. The van der Waals surface area contributed by atoms with Crippen LogP contribution in [0.3, 0.4) is 0 Å². The molecule has 2 rings (SSSR count). The molecule has 1 N–H and O–H groups in total. The minimum atomic E-state index is -0.422. The van der Waals surface area contributed by atoms with Crippen LogP contribution in [0.5, 0.6) is 0 Å². The van der Waals surface area contributed by atoms with Gasteiger partial charge in [-0.25, -0.2) is 0 Å². The zero-order chi connectivity index (χ0) is 16.9. The van der Waals surface area contributed by atoms with Gasteiger partial charge in [0.05, 0.1) is 6.10 Å². The normalized spacial score (nSPS) is 14.7. The predicted molar refractivity (Wildman–Crippen MR) is 97.7 cm³/mol. The molecule has 124 valence electrons. The van der Waals surface area contributed by atoms with E-state index in [9.17, 15) is 5.11 Å². The molecule has 0 aliphatic rings. The number of aliphatic hydroxyl groups is 1. The Morgan fingerprint density at radius 1 is 0.913 bits per heavy atom. The van der Waals surface area contributed by atoms with Crippen LogP contribution in [0.15, 0.2) is 60.7 Å². The lowest BCUT2D eigenvalue weighted by atomic mass is 9.66. The molecular formula is C21H29NO. The van der Waals surface area contributed by atoms with E-state index in [-0.39, 0.29) is 5.41 Å². The molecule has 0 unspecified atom stereocenters. The van der Waals surface area contributed by atoms with Gasteiger partial charge in [-0.1, -0.05) is 67.6 Å². The first-order valence-electron chi connectivity index (χ1n) is 8.48. The molecule has 0 fully saturated rings. The van der Waals surface area contributed by atoms with Gasteiger partial charge in [0.15, 0.2) is 0 Å². The molecule has 23 heavy (non-hydrogen) atoms. The Labute approximate surface area is 140 Å². The van der Waals surface area contributed by atoms with Gasteiger partial charge in [0.25, 0.3) is 0 Å². The molecule has 2 atom stereocenters. The van der Waals surface area contributed by atoms with Gasteiger partial charge in [-0.2, -0.15) is 0 Å². The van der Waals surface area contributed by atoms with Crippen LogP contribution >= 0.6 is 0 Å². The van der Waals surface area contributed by atoms with Gasteiger partial charge in [0.2, 0.25) is 0 Å². The van der Waals surface area contributed by atoms with E-state index in [4.69, 9.17) is 0 Å². The molecule has 0 aliphatic carbocycles. The Kier molecular flexibility index (Phi) is 5.97. The minimum Gasteiger partial charge on any atom is -0.392 e. The fourth-order valence-electron chi connectivity index (χ4n) is 3.39. The lowest BCUT2D eigenvalue weighted by molar-refractivity contribution is 0.0773. The third-order valence-corrected chi connectivity index (χ3v) is 5.03. The second kappa shape index (κ2) is 7.76. The van der Waals surface area contributed by atoms with Crippen LogP contribution in [0.4, 0.5) is 0 Å². The maximum atomic E-state index is 11.1. The summed E-state index contributed by atoms with van der Waals surface area (Å²) in [6, 6.07) is 21.3. The zero-order valence-corrected chi connectivity index (χ0v) is 14.7. The average Bonchev–Trinajstić information content (AvgIpc) is 2.60. The Hall–Kier alpha value is -1.64. The molecule has 0 aromatic heterocycles. The van der Waals surface area contributed by atoms with Crippen LogP contribution in [-0.2, 0) is 5.41 Å². The van der Waals surface area contributed by atoms with Crippen molar-refractivity contribution in [2.45, 2.75) is 44.2 Å². The molecule has 2 aromatic carbocycles. The third-order valence-electron chi connectivity index (χ3n) is 5.03. The number of hydrogen-bond donors (Lipinski definition) is 1. The second-order valence-electron chi connectivity index (χ2n) is 6.64. The van der Waals surface area contributed by atoms with Crippen molar-refractivity contribution in [3.8, 4) is 0 Å². The molecule has 0 heterocycles. The fourth-order valence-corrected chi connectivity index (χ4v) is 3.39. The Balaban J connectivity index is 2.63. The molecule has 0 saturated heterocycles. The first-order chi connectivity index (χ1) is 11.0. The first kappa shape index (κ1) is 17.7. The molecule has 2 aromatic rings. The van der Waals surface area contributed by atoms with Gasteiger partial charge >= 0.3 is 0 Å². The topological polar surface area (TPSA) is 23.5 Å². The van der Waals surface area contributed by atoms with E-state index >= 15 is 0 Å². The molecule has 0 bridgehead atoms. The van der Waals surface area contributed by atoms with Crippen LogP contribution in [0.1, 0.15) is 37.8 Å². The predicted octanol–water partition coefficient (Wildman–Crippen LogP) is 4.08. The van der Waals surface area contributed by atoms with Crippen molar-refractivity contribution in [3.63, 3.8) is 0 Å². The highest BCUT2D eigenvalue weighted by molar-refractivity contribution is 5.41. The van der Waals surface area contributed by atoms with Gasteiger partial charge < -0.3 is 10.0 Å². The Morgan fingerprint density at radius 2 is 1.35 bits per heavy atom. The highest BCUT2D eigenvalue weighted by Gasteiger charge is 2.41. The van der Waals surface area contributed by atoms with E-state index in [1.807, 2.05) is 12.1 Å². The van der Waals surface area contributed by atoms with Gasteiger partial charge in [0.1, 0.15) is 0 Å². The summed E-state index contributed by atoms with van der Waals surface area (Å²) in [5.74, 6) is 0. The Morgan fingerprint density at radius 3 is 1.70 bits per heavy atom. The molecule has 0 aliphatic heterocycles. The molecule has 2 heteroatoms. The summed E-state index contributed by atoms with van der Waals surface area (Å²) in [6.07, 6.45) is 1.18. The van der Waals surface area contributed by atoms with Crippen LogP contribution in [0.25, 0.3) is 0 Å². The summed E-state index contributed by atoms with van der Waals surface area (Å²) in [5, 5.41) is 11.1. The van der Waals surface area contributed by atoms with Crippen molar-refractivity contribution in [1.29, 1.82) is 0 Å². The highest BCUT2D eigenvalue weighted by atomic mass is 16.3. The quantitative estimate of drug-likeness (QED) is 0.832. The number of rotatable bonds is 7. The smallest absolute Gasteiger partial charge is 0.0675 e. The van der Waals surface area contributed by atoms with E-state index < -0.39 is 6.10 Å². The van der Waals surface area contributed by atoms with Crippen LogP contribution in [0, 0.1) is 0 Å². The Bertz CT molecular complexity index is 540. The number of hydrogen-bond acceptors (Lipinski definition) is 2. The lowest BCUT2D eigenvalue weighted by Crippen LogP contribution is -2.45. The van der Waals surface area contributed by atoms with E-state index in [0.29, 0.717) is 6.04 Å². The minimum absolute atomic E-state index is 0.358. The van der Waals surface area contributed by atoms with E-state index in [0.717, 1.165) is 12.8 Å². The SMILES string of the molecule is CC[C@@H](O)C(C[C@H](C)N(C)C)(c1ccccc1)c1ccccc1. The second-order valence-corrected chi connectivity index (χ2v) is 6.64. The summed E-state index contributed by atoms with van der Waals surface area (Å²) in [4.78, 5) is 2.23. The van der Waals surface area contributed by atoms with Crippen LogP contribution in [0.2, 0.25) is 0 Å². The summed E-state index contributed by atoms with van der Waals surface area (Å²) >= 11 is 0. The molecular weight excluding hydrogens is 282 g/mol. The van der Waals surface area contributed by atoms with Gasteiger partial charge in [-0.15, -0.1) is 0 Å². The van der Waals surface area contributed by atoms with Crippen LogP contribution < -0.4 is 0 Å². The highest BCUT2D eigenvalue weighted by Crippen LogP contribution is 2.41. The summed E-state index contributed by atoms with van der Waals surface area (Å²) in [6.45, 7) is 4.29. The fraction of sp³-hybridized carbons (Fsp3) is 0.429. The van der Waals surface area contributed by atoms with Gasteiger partial charge in [0, 0.05) is 11.5 Å². The van der Waals surface area contributed by atoms with Crippen molar-refractivity contribution in [2.75, 3.05) is 14.1 Å². The first-order valence-corrected chi connectivity index (χ1v) is 8.48. The third kappa shape index (κ3) is 3.65. The molecule has 0 saturated carbocycles. The monoisotopic (exact) mass is 311 g/mol. The largest absolute Gasteiger partial charge is 0.392 e.